The number of hydrogen-bond acceptors (Lipinski definition) is 7. The van der Waals surface area contributed by atoms with Crippen molar-refractivity contribution in [1.29, 1.82) is 5.41 Å². The quantitative estimate of drug-likeness (QED) is 0.125. The maximum absolute atomic E-state index is 12.6. The van der Waals surface area contributed by atoms with Crippen LogP contribution in [0.2, 0.25) is 0 Å². The van der Waals surface area contributed by atoms with Crippen LogP contribution in [-0.2, 0) is 4.79 Å². The van der Waals surface area contributed by atoms with E-state index in [0.29, 0.717) is 22.9 Å². The predicted molar refractivity (Wildman–Crippen MR) is 133 cm³/mol. The van der Waals surface area contributed by atoms with Gasteiger partial charge in [-0.2, -0.15) is 0 Å². The number of amides is 1. The van der Waals surface area contributed by atoms with Crippen molar-refractivity contribution in [3.05, 3.63) is 78.9 Å². The van der Waals surface area contributed by atoms with Gasteiger partial charge in [-0.3, -0.25) is 15.1 Å². The fourth-order valence-electron chi connectivity index (χ4n) is 3.16. The van der Waals surface area contributed by atoms with Crippen LogP contribution in [0.25, 0.3) is 0 Å². The van der Waals surface area contributed by atoms with Gasteiger partial charge in [-0.15, -0.1) is 5.11 Å². The van der Waals surface area contributed by atoms with Crippen molar-refractivity contribution < 1.29 is 19.0 Å². The lowest BCUT2D eigenvalue weighted by molar-refractivity contribution is -0.117. The summed E-state index contributed by atoms with van der Waals surface area (Å²) in [5.74, 6) is 7.40. The molecule has 0 aliphatic carbocycles. The summed E-state index contributed by atoms with van der Waals surface area (Å²) in [6.07, 6.45) is 0. The Morgan fingerprint density at radius 3 is 2.20 bits per heavy atom. The SMILES string of the molecule is COc1ccc(OCC(C(=N)N=NN)N(C)CC(=O)Nc2ccc(Oc3ccccc3)cc2)cc1. The monoisotopic (exact) mass is 476 g/mol. The molecule has 0 bridgehead atoms. The molecule has 0 heterocycles. The highest BCUT2D eigenvalue weighted by Crippen LogP contribution is 2.23. The van der Waals surface area contributed by atoms with E-state index in [0.717, 1.165) is 5.75 Å². The minimum Gasteiger partial charge on any atom is -0.497 e. The number of hydrogen-bond donors (Lipinski definition) is 3. The predicted octanol–water partition coefficient (Wildman–Crippen LogP) is 4.11. The molecule has 182 valence electrons. The molecular formula is C25H28N6O4. The van der Waals surface area contributed by atoms with E-state index >= 15 is 0 Å². The molecule has 0 fully saturated rings. The molecule has 0 spiro atoms. The van der Waals surface area contributed by atoms with Crippen molar-refractivity contribution in [2.45, 2.75) is 6.04 Å². The Labute approximate surface area is 203 Å². The number of carbonyl (C=O) groups excluding carboxylic acids is 1. The number of ether oxygens (including phenoxy) is 3. The van der Waals surface area contributed by atoms with E-state index in [9.17, 15) is 4.79 Å². The maximum atomic E-state index is 12.6. The first-order valence-corrected chi connectivity index (χ1v) is 10.8. The van der Waals surface area contributed by atoms with Crippen LogP contribution in [-0.4, -0.2) is 50.0 Å². The van der Waals surface area contributed by atoms with Crippen LogP contribution in [0.5, 0.6) is 23.0 Å². The zero-order valence-corrected chi connectivity index (χ0v) is 19.5. The summed E-state index contributed by atoms with van der Waals surface area (Å²) in [5, 5.41) is 17.8. The van der Waals surface area contributed by atoms with Gasteiger partial charge in [0.05, 0.1) is 13.7 Å². The number of nitrogens with zero attached hydrogens (tertiary/aromatic N) is 3. The van der Waals surface area contributed by atoms with Crippen molar-refractivity contribution in [1.82, 2.24) is 4.90 Å². The molecule has 35 heavy (non-hydrogen) atoms. The van der Waals surface area contributed by atoms with Gasteiger partial charge in [-0.05, 0) is 67.7 Å². The Bertz CT molecular complexity index is 1120. The second kappa shape index (κ2) is 12.7. The molecule has 1 unspecified atom stereocenters. The molecule has 0 aliphatic heterocycles. The third kappa shape index (κ3) is 7.83. The van der Waals surface area contributed by atoms with Gasteiger partial charge in [-0.1, -0.05) is 23.4 Å². The average Bonchev–Trinajstić information content (AvgIpc) is 2.86. The molecule has 0 aromatic heterocycles. The third-order valence-corrected chi connectivity index (χ3v) is 4.99. The van der Waals surface area contributed by atoms with E-state index < -0.39 is 6.04 Å². The van der Waals surface area contributed by atoms with Crippen LogP contribution >= 0.6 is 0 Å². The summed E-state index contributed by atoms with van der Waals surface area (Å²) in [6, 6.07) is 22.9. The number of nitrogens with one attached hydrogen (secondary N) is 2. The number of carbonyl (C=O) groups is 1. The second-order valence-corrected chi connectivity index (χ2v) is 7.51. The maximum Gasteiger partial charge on any atom is 0.238 e. The molecule has 3 aromatic rings. The van der Waals surface area contributed by atoms with E-state index in [2.05, 4.69) is 15.7 Å². The zero-order valence-electron chi connectivity index (χ0n) is 19.5. The summed E-state index contributed by atoms with van der Waals surface area (Å²) in [6.45, 7) is 0.0564. The fraction of sp³-hybridized carbons (Fsp3) is 0.200. The number of nitrogens with two attached hydrogens (primary N) is 1. The van der Waals surface area contributed by atoms with Gasteiger partial charge in [0.15, 0.2) is 5.84 Å². The molecule has 0 aliphatic rings. The molecule has 3 aromatic carbocycles. The van der Waals surface area contributed by atoms with Gasteiger partial charge in [0.2, 0.25) is 5.91 Å². The Morgan fingerprint density at radius 2 is 1.57 bits per heavy atom. The Morgan fingerprint density at radius 1 is 0.971 bits per heavy atom. The Balaban J connectivity index is 1.56. The number of benzene rings is 3. The third-order valence-electron chi connectivity index (χ3n) is 4.99. The summed E-state index contributed by atoms with van der Waals surface area (Å²) >= 11 is 0. The van der Waals surface area contributed by atoms with Gasteiger partial charge in [0.1, 0.15) is 35.6 Å². The topological polar surface area (TPSA) is 135 Å². The van der Waals surface area contributed by atoms with Crippen molar-refractivity contribution >= 4 is 17.4 Å². The molecule has 4 N–H and O–H groups in total. The van der Waals surface area contributed by atoms with Crippen molar-refractivity contribution in [2.24, 2.45) is 16.2 Å². The lowest BCUT2D eigenvalue weighted by Gasteiger charge is -2.26. The number of likely N-dealkylation sites (N-methyl/N-ethyl adjacent to an activating group) is 1. The Kier molecular flexibility index (Phi) is 9.14. The largest absolute Gasteiger partial charge is 0.497 e. The summed E-state index contributed by atoms with van der Waals surface area (Å²) in [5.41, 5.74) is 0.617. The fourth-order valence-corrected chi connectivity index (χ4v) is 3.16. The number of amidine groups is 1. The van der Waals surface area contributed by atoms with Gasteiger partial charge in [0, 0.05) is 5.69 Å². The van der Waals surface area contributed by atoms with Crippen LogP contribution < -0.4 is 25.4 Å². The van der Waals surface area contributed by atoms with Crippen LogP contribution in [0.1, 0.15) is 0 Å². The zero-order chi connectivity index (χ0) is 25.0. The lowest BCUT2D eigenvalue weighted by atomic mass is 10.2. The molecule has 0 radical (unpaired) electrons. The summed E-state index contributed by atoms with van der Waals surface area (Å²) in [4.78, 5) is 14.3. The summed E-state index contributed by atoms with van der Waals surface area (Å²) < 4.78 is 16.7. The number of anilines is 1. The highest BCUT2D eigenvalue weighted by molar-refractivity contribution is 5.93. The summed E-state index contributed by atoms with van der Waals surface area (Å²) in [7, 11) is 3.27. The molecule has 0 saturated carbocycles. The van der Waals surface area contributed by atoms with E-state index in [-0.39, 0.29) is 24.9 Å². The normalized spacial score (nSPS) is 11.7. The van der Waals surface area contributed by atoms with Crippen molar-refractivity contribution in [3.63, 3.8) is 0 Å². The molecular weight excluding hydrogens is 448 g/mol. The van der Waals surface area contributed by atoms with E-state index in [1.54, 1.807) is 67.6 Å². The van der Waals surface area contributed by atoms with E-state index in [1.807, 2.05) is 30.3 Å². The average molecular weight is 477 g/mol. The highest BCUT2D eigenvalue weighted by Gasteiger charge is 2.23. The molecule has 10 nitrogen and oxygen atoms in total. The highest BCUT2D eigenvalue weighted by atomic mass is 16.5. The minimum absolute atomic E-state index is 0.0125. The number of methoxy groups -OCH3 is 1. The van der Waals surface area contributed by atoms with E-state index in [1.165, 1.54) is 0 Å². The van der Waals surface area contributed by atoms with Crippen molar-refractivity contribution in [3.8, 4) is 23.0 Å². The Hall–Kier alpha value is -4.44. The van der Waals surface area contributed by atoms with Crippen LogP contribution in [0, 0.1) is 5.41 Å². The van der Waals surface area contributed by atoms with Gasteiger partial charge >= 0.3 is 0 Å². The number of rotatable bonds is 11. The van der Waals surface area contributed by atoms with E-state index in [4.69, 9.17) is 25.5 Å². The molecule has 1 atom stereocenters. The molecule has 1 amide bonds. The first-order chi connectivity index (χ1) is 17.0. The van der Waals surface area contributed by atoms with Crippen molar-refractivity contribution in [2.75, 3.05) is 32.6 Å². The molecule has 0 saturated heterocycles. The van der Waals surface area contributed by atoms with Crippen LogP contribution in [0.15, 0.2) is 89.2 Å². The molecule has 3 rings (SSSR count). The minimum atomic E-state index is -0.656. The first-order valence-electron chi connectivity index (χ1n) is 10.8. The molecule has 10 heteroatoms. The van der Waals surface area contributed by atoms with Crippen LogP contribution in [0.3, 0.4) is 0 Å². The lowest BCUT2D eigenvalue weighted by Crippen LogP contribution is -2.45. The van der Waals surface area contributed by atoms with Crippen LogP contribution in [0.4, 0.5) is 5.69 Å². The van der Waals surface area contributed by atoms with Gasteiger partial charge in [0.25, 0.3) is 0 Å². The second-order valence-electron chi connectivity index (χ2n) is 7.51. The smallest absolute Gasteiger partial charge is 0.238 e. The van der Waals surface area contributed by atoms with Gasteiger partial charge < -0.3 is 25.4 Å². The first kappa shape index (κ1) is 25.2. The standard InChI is InChI=1S/C25H28N6O4/c1-31(23(25(26)29-30-27)17-34-20-14-12-19(33-2)13-15-20)16-24(32)28-18-8-10-22(11-9-18)35-21-6-4-3-5-7-21/h3-15,23H,16-17H2,1-2H3,(H,28,32)(H3,26,27,29). The number of para-hydroxylation sites is 1. The van der Waals surface area contributed by atoms with Gasteiger partial charge in [-0.25, -0.2) is 0 Å².